The van der Waals surface area contributed by atoms with Crippen LogP contribution in [0.5, 0.6) is 5.75 Å². The molecule has 0 spiro atoms. The summed E-state index contributed by atoms with van der Waals surface area (Å²) in [4.78, 5) is 30.3. The Labute approximate surface area is 168 Å². The van der Waals surface area contributed by atoms with E-state index in [0.29, 0.717) is 41.1 Å². The number of ketones is 1. The number of benzene rings is 1. The van der Waals surface area contributed by atoms with Crippen LogP contribution in [0.25, 0.3) is 0 Å². The Morgan fingerprint density at radius 3 is 2.52 bits per heavy atom. The second-order valence-corrected chi connectivity index (χ2v) is 7.67. The van der Waals surface area contributed by atoms with Crippen molar-refractivity contribution in [2.75, 3.05) is 24.6 Å². The van der Waals surface area contributed by atoms with Crippen LogP contribution < -0.4 is 4.74 Å². The number of hydrogen-bond acceptors (Lipinski definition) is 5. The van der Waals surface area contributed by atoms with Gasteiger partial charge in [0.1, 0.15) is 17.0 Å². The van der Waals surface area contributed by atoms with Gasteiger partial charge in [-0.3, -0.25) is 9.59 Å². The topological polar surface area (TPSA) is 59.5 Å². The van der Waals surface area contributed by atoms with Crippen LogP contribution in [0.3, 0.4) is 0 Å². The molecule has 1 amide bonds. The molecule has 0 N–H and O–H groups in total. The Hall–Kier alpha value is -2.05. The van der Waals surface area contributed by atoms with Gasteiger partial charge in [0.2, 0.25) is 5.91 Å². The molecule has 5 nitrogen and oxygen atoms in total. The number of ether oxygens (including phenoxy) is 1. The summed E-state index contributed by atoms with van der Waals surface area (Å²) in [5, 5.41) is 0.436. The van der Waals surface area contributed by atoms with E-state index in [0.717, 1.165) is 12.8 Å². The monoisotopic (exact) mass is 404 g/mol. The molecule has 0 unspecified atom stereocenters. The molecule has 1 saturated heterocycles. The maximum atomic E-state index is 12.3. The SMILES string of the molecule is O=C(CSCC(=O)N1CCC(Oc2ccc(Cl)nc2)CC1)c1ccccc1. The highest BCUT2D eigenvalue weighted by molar-refractivity contribution is 8.00. The second-order valence-electron chi connectivity index (χ2n) is 6.30. The minimum Gasteiger partial charge on any atom is -0.489 e. The number of pyridine rings is 1. The molecule has 2 aromatic rings. The number of halogens is 1. The highest BCUT2D eigenvalue weighted by atomic mass is 35.5. The fraction of sp³-hybridized carbons (Fsp3) is 0.350. The van der Waals surface area contributed by atoms with E-state index in [2.05, 4.69) is 4.98 Å². The van der Waals surface area contributed by atoms with Crippen LogP contribution in [-0.4, -0.2) is 52.3 Å². The minimum absolute atomic E-state index is 0.0529. The normalized spacial score (nSPS) is 14.8. The fourth-order valence-corrected chi connectivity index (χ4v) is 3.80. The predicted octanol–water partition coefficient (Wildman–Crippen LogP) is 3.72. The lowest BCUT2D eigenvalue weighted by molar-refractivity contribution is -0.130. The molecule has 0 atom stereocenters. The predicted molar refractivity (Wildman–Crippen MR) is 108 cm³/mol. The molecule has 142 valence electrons. The molecular formula is C20H21ClN2O3S. The Morgan fingerprint density at radius 1 is 1.11 bits per heavy atom. The van der Waals surface area contributed by atoms with Crippen LogP contribution in [-0.2, 0) is 4.79 Å². The van der Waals surface area contributed by atoms with Gasteiger partial charge in [-0.15, -0.1) is 11.8 Å². The number of hydrogen-bond donors (Lipinski definition) is 0. The zero-order valence-corrected chi connectivity index (χ0v) is 16.4. The summed E-state index contributed by atoms with van der Waals surface area (Å²) in [6.07, 6.45) is 3.24. The number of piperidine rings is 1. The van der Waals surface area contributed by atoms with Crippen molar-refractivity contribution >= 4 is 35.1 Å². The smallest absolute Gasteiger partial charge is 0.232 e. The Balaban J connectivity index is 1.37. The maximum absolute atomic E-state index is 12.3. The van der Waals surface area contributed by atoms with Gasteiger partial charge in [-0.2, -0.15) is 0 Å². The lowest BCUT2D eigenvalue weighted by atomic mass is 10.1. The summed E-state index contributed by atoms with van der Waals surface area (Å²) in [6.45, 7) is 1.33. The standard InChI is InChI=1S/C20H21ClN2O3S/c21-19-7-6-17(12-22-19)26-16-8-10-23(11-9-16)20(25)14-27-13-18(24)15-4-2-1-3-5-15/h1-7,12,16H,8-11,13-14H2. The lowest BCUT2D eigenvalue weighted by Crippen LogP contribution is -2.42. The molecule has 27 heavy (non-hydrogen) atoms. The Bertz CT molecular complexity index is 763. The number of nitrogens with zero attached hydrogens (tertiary/aromatic N) is 2. The van der Waals surface area contributed by atoms with E-state index >= 15 is 0 Å². The van der Waals surface area contributed by atoms with E-state index in [9.17, 15) is 9.59 Å². The molecule has 0 saturated carbocycles. The third-order valence-electron chi connectivity index (χ3n) is 4.35. The molecule has 1 fully saturated rings. The quantitative estimate of drug-likeness (QED) is 0.520. The zero-order chi connectivity index (χ0) is 19.1. The number of thioether (sulfide) groups is 1. The molecular weight excluding hydrogens is 384 g/mol. The number of carbonyl (C=O) groups is 2. The molecule has 7 heteroatoms. The van der Waals surface area contributed by atoms with Crippen molar-refractivity contribution in [1.82, 2.24) is 9.88 Å². The first-order chi connectivity index (χ1) is 13.1. The summed E-state index contributed by atoms with van der Waals surface area (Å²) >= 11 is 7.14. The average Bonchev–Trinajstić information content (AvgIpc) is 2.71. The summed E-state index contributed by atoms with van der Waals surface area (Å²) in [5.74, 6) is 1.47. The highest BCUT2D eigenvalue weighted by Crippen LogP contribution is 2.20. The van der Waals surface area contributed by atoms with Crippen molar-refractivity contribution in [3.05, 3.63) is 59.4 Å². The third kappa shape index (κ3) is 5.97. The van der Waals surface area contributed by atoms with E-state index < -0.39 is 0 Å². The summed E-state index contributed by atoms with van der Waals surface area (Å²) in [5.41, 5.74) is 0.687. The van der Waals surface area contributed by atoms with Gasteiger partial charge in [0.15, 0.2) is 5.78 Å². The Morgan fingerprint density at radius 2 is 1.85 bits per heavy atom. The molecule has 2 heterocycles. The highest BCUT2D eigenvalue weighted by Gasteiger charge is 2.24. The first kappa shape index (κ1) is 19.7. The molecule has 0 radical (unpaired) electrons. The van der Waals surface area contributed by atoms with Gasteiger partial charge in [0.05, 0.1) is 17.7 Å². The van der Waals surface area contributed by atoms with Gasteiger partial charge in [0, 0.05) is 31.5 Å². The van der Waals surface area contributed by atoms with Crippen LogP contribution in [0, 0.1) is 0 Å². The van der Waals surface area contributed by atoms with Gasteiger partial charge in [0.25, 0.3) is 0 Å². The van der Waals surface area contributed by atoms with Crippen LogP contribution in [0.4, 0.5) is 0 Å². The van der Waals surface area contributed by atoms with Crippen molar-refractivity contribution in [3.63, 3.8) is 0 Å². The van der Waals surface area contributed by atoms with E-state index in [4.69, 9.17) is 16.3 Å². The fourth-order valence-electron chi connectivity index (χ4n) is 2.88. The minimum atomic E-state index is 0.0529. The van der Waals surface area contributed by atoms with E-state index in [1.807, 2.05) is 23.1 Å². The van der Waals surface area contributed by atoms with Gasteiger partial charge >= 0.3 is 0 Å². The summed E-state index contributed by atoms with van der Waals surface area (Å²) in [6, 6.07) is 12.7. The van der Waals surface area contributed by atoms with Crippen molar-refractivity contribution in [2.45, 2.75) is 18.9 Å². The van der Waals surface area contributed by atoms with Gasteiger partial charge in [-0.05, 0) is 12.1 Å². The Kier molecular flexibility index (Phi) is 7.12. The first-order valence-electron chi connectivity index (χ1n) is 8.84. The number of aromatic nitrogens is 1. The molecule has 1 aromatic heterocycles. The van der Waals surface area contributed by atoms with E-state index in [1.54, 1.807) is 30.5 Å². The van der Waals surface area contributed by atoms with Gasteiger partial charge < -0.3 is 9.64 Å². The molecule has 0 bridgehead atoms. The zero-order valence-electron chi connectivity index (χ0n) is 14.8. The number of Topliss-reactive ketones (excluding diaryl/α,β-unsaturated/α-hetero) is 1. The molecule has 1 aromatic carbocycles. The molecule has 0 aliphatic carbocycles. The van der Waals surface area contributed by atoms with E-state index in [-0.39, 0.29) is 17.8 Å². The third-order valence-corrected chi connectivity index (χ3v) is 5.49. The number of rotatable bonds is 7. The van der Waals surface area contributed by atoms with Gasteiger partial charge in [-0.1, -0.05) is 41.9 Å². The molecule has 3 rings (SSSR count). The van der Waals surface area contributed by atoms with Crippen LogP contribution >= 0.6 is 23.4 Å². The first-order valence-corrected chi connectivity index (χ1v) is 10.4. The maximum Gasteiger partial charge on any atom is 0.232 e. The molecule has 1 aliphatic heterocycles. The van der Waals surface area contributed by atoms with Crippen molar-refractivity contribution in [3.8, 4) is 5.75 Å². The largest absolute Gasteiger partial charge is 0.489 e. The number of likely N-dealkylation sites (tertiary alicyclic amines) is 1. The second kappa shape index (κ2) is 9.76. The lowest BCUT2D eigenvalue weighted by Gasteiger charge is -2.32. The van der Waals surface area contributed by atoms with E-state index in [1.165, 1.54) is 11.8 Å². The van der Waals surface area contributed by atoms with Gasteiger partial charge in [-0.25, -0.2) is 4.98 Å². The summed E-state index contributed by atoms with van der Waals surface area (Å²) in [7, 11) is 0. The van der Waals surface area contributed by atoms with Crippen molar-refractivity contribution < 1.29 is 14.3 Å². The number of amides is 1. The van der Waals surface area contributed by atoms with Crippen molar-refractivity contribution in [1.29, 1.82) is 0 Å². The van der Waals surface area contributed by atoms with Crippen LogP contribution in [0.1, 0.15) is 23.2 Å². The van der Waals surface area contributed by atoms with Crippen LogP contribution in [0.15, 0.2) is 48.7 Å². The van der Waals surface area contributed by atoms with Crippen LogP contribution in [0.2, 0.25) is 5.15 Å². The molecule has 1 aliphatic rings. The number of carbonyl (C=O) groups excluding carboxylic acids is 2. The average molecular weight is 405 g/mol. The summed E-state index contributed by atoms with van der Waals surface area (Å²) < 4.78 is 5.89. The van der Waals surface area contributed by atoms with Crippen molar-refractivity contribution in [2.24, 2.45) is 0 Å².